The summed E-state index contributed by atoms with van der Waals surface area (Å²) in [6, 6.07) is 4.35. The second kappa shape index (κ2) is 8.27. The normalized spacial score (nSPS) is 18.1. The Morgan fingerprint density at radius 3 is 2.76 bits per heavy atom. The first-order valence-electron chi connectivity index (χ1n) is 7.84. The monoisotopic (exact) mass is 330 g/mol. The van der Waals surface area contributed by atoms with Gasteiger partial charge < -0.3 is 4.90 Å². The number of hydrogen-bond acceptors (Lipinski definition) is 4. The van der Waals surface area contributed by atoms with E-state index in [1.165, 1.54) is 17.7 Å². The highest BCUT2D eigenvalue weighted by Gasteiger charge is 2.21. The van der Waals surface area contributed by atoms with Crippen LogP contribution in [0.4, 0.5) is 0 Å². The molecule has 2 rings (SSSR count). The highest BCUT2D eigenvalue weighted by atomic mass is 32.2. The molecule has 0 aliphatic carbocycles. The van der Waals surface area contributed by atoms with Gasteiger partial charge >= 0.3 is 0 Å². The van der Waals surface area contributed by atoms with Crippen molar-refractivity contribution in [3.05, 3.63) is 22.4 Å². The highest BCUT2D eigenvalue weighted by molar-refractivity contribution is 7.89. The number of likely N-dealkylation sites (tertiary alicyclic amines) is 1. The van der Waals surface area contributed by atoms with E-state index in [0.717, 1.165) is 32.5 Å². The molecular formula is C15H26N2O2S2. The largest absolute Gasteiger partial charge is 0.302 e. The van der Waals surface area contributed by atoms with Gasteiger partial charge in [0, 0.05) is 18.0 Å². The van der Waals surface area contributed by atoms with E-state index in [9.17, 15) is 8.42 Å². The summed E-state index contributed by atoms with van der Waals surface area (Å²) in [7, 11) is -3.07. The predicted octanol–water partition coefficient (Wildman–Crippen LogP) is 2.65. The van der Waals surface area contributed by atoms with Crippen LogP contribution >= 0.6 is 11.3 Å². The molecule has 0 bridgehead atoms. The molecule has 2 heterocycles. The van der Waals surface area contributed by atoms with Crippen molar-refractivity contribution in [1.29, 1.82) is 0 Å². The standard InChI is InChI=1S/C15H26N2O2S2/c1-2-3-13-21(18,19)16-8-11-17-9-6-14(7-10-17)15-5-4-12-20-15/h4-5,12,14,16H,2-3,6-11,13H2,1H3. The van der Waals surface area contributed by atoms with Crippen molar-refractivity contribution < 1.29 is 8.42 Å². The number of piperidine rings is 1. The average molecular weight is 331 g/mol. The van der Waals surface area contributed by atoms with Crippen molar-refractivity contribution in [3.8, 4) is 0 Å². The van der Waals surface area contributed by atoms with E-state index in [1.807, 2.05) is 18.3 Å². The molecule has 1 aromatic rings. The fraction of sp³-hybridized carbons (Fsp3) is 0.733. The van der Waals surface area contributed by atoms with E-state index in [1.54, 1.807) is 0 Å². The molecule has 0 amide bonds. The van der Waals surface area contributed by atoms with E-state index in [2.05, 4.69) is 27.1 Å². The van der Waals surface area contributed by atoms with Gasteiger partial charge in [-0.2, -0.15) is 0 Å². The third kappa shape index (κ3) is 5.70. The average Bonchev–Trinajstić information content (AvgIpc) is 3.00. The maximum absolute atomic E-state index is 11.7. The maximum atomic E-state index is 11.7. The molecule has 0 atom stereocenters. The zero-order valence-electron chi connectivity index (χ0n) is 12.8. The second-order valence-corrected chi connectivity index (χ2v) is 8.60. The smallest absolute Gasteiger partial charge is 0.211 e. The molecule has 1 fully saturated rings. The van der Waals surface area contributed by atoms with Crippen LogP contribution in [-0.4, -0.2) is 45.2 Å². The summed E-state index contributed by atoms with van der Waals surface area (Å²) in [6.07, 6.45) is 4.02. The van der Waals surface area contributed by atoms with Gasteiger partial charge in [-0.05, 0) is 49.7 Å². The Morgan fingerprint density at radius 1 is 1.38 bits per heavy atom. The van der Waals surface area contributed by atoms with Gasteiger partial charge in [0.15, 0.2) is 0 Å². The molecule has 0 radical (unpaired) electrons. The summed E-state index contributed by atoms with van der Waals surface area (Å²) in [6.45, 7) is 5.50. The van der Waals surface area contributed by atoms with E-state index < -0.39 is 10.0 Å². The van der Waals surface area contributed by atoms with Crippen LogP contribution in [0.1, 0.15) is 43.4 Å². The van der Waals surface area contributed by atoms with Gasteiger partial charge in [0.25, 0.3) is 0 Å². The lowest BCUT2D eigenvalue weighted by Crippen LogP contribution is -2.39. The molecule has 0 spiro atoms. The van der Waals surface area contributed by atoms with Crippen LogP contribution in [0.5, 0.6) is 0 Å². The van der Waals surface area contributed by atoms with Crippen molar-refractivity contribution in [2.75, 3.05) is 31.9 Å². The zero-order valence-corrected chi connectivity index (χ0v) is 14.4. The van der Waals surface area contributed by atoms with Crippen molar-refractivity contribution in [2.45, 2.75) is 38.5 Å². The number of rotatable bonds is 8. The summed E-state index contributed by atoms with van der Waals surface area (Å²) < 4.78 is 26.1. The van der Waals surface area contributed by atoms with Crippen LogP contribution in [0, 0.1) is 0 Å². The lowest BCUT2D eigenvalue weighted by atomic mass is 9.95. The van der Waals surface area contributed by atoms with Crippen molar-refractivity contribution in [1.82, 2.24) is 9.62 Å². The van der Waals surface area contributed by atoms with Gasteiger partial charge in [-0.3, -0.25) is 0 Å². The Labute approximate surface area is 132 Å². The number of nitrogens with zero attached hydrogens (tertiary/aromatic N) is 1. The molecule has 1 aromatic heterocycles. The first-order chi connectivity index (χ1) is 10.1. The molecule has 0 saturated carbocycles. The van der Waals surface area contributed by atoms with Gasteiger partial charge in [0.05, 0.1) is 5.75 Å². The minimum Gasteiger partial charge on any atom is -0.302 e. The lowest BCUT2D eigenvalue weighted by molar-refractivity contribution is 0.217. The number of unbranched alkanes of at least 4 members (excludes halogenated alkanes) is 1. The summed E-state index contributed by atoms with van der Waals surface area (Å²) in [5.41, 5.74) is 0. The molecule has 6 heteroatoms. The molecular weight excluding hydrogens is 304 g/mol. The Bertz CT molecular complexity index is 492. The van der Waals surface area contributed by atoms with Gasteiger partial charge in [-0.15, -0.1) is 11.3 Å². The van der Waals surface area contributed by atoms with Gasteiger partial charge in [-0.1, -0.05) is 19.4 Å². The number of sulfonamides is 1. The molecule has 4 nitrogen and oxygen atoms in total. The summed E-state index contributed by atoms with van der Waals surface area (Å²) >= 11 is 1.85. The number of thiophene rings is 1. The molecule has 1 aliphatic heterocycles. The van der Waals surface area contributed by atoms with E-state index in [4.69, 9.17) is 0 Å². The van der Waals surface area contributed by atoms with Crippen LogP contribution in [0.15, 0.2) is 17.5 Å². The Morgan fingerprint density at radius 2 is 2.14 bits per heavy atom. The molecule has 0 unspecified atom stereocenters. The SMILES string of the molecule is CCCCS(=O)(=O)NCCN1CCC(c2cccs2)CC1. The molecule has 1 aliphatic rings. The summed E-state index contributed by atoms with van der Waals surface area (Å²) in [5.74, 6) is 0.951. The van der Waals surface area contributed by atoms with Crippen LogP contribution in [-0.2, 0) is 10.0 Å². The van der Waals surface area contributed by atoms with Crippen molar-refractivity contribution in [2.24, 2.45) is 0 Å². The minimum absolute atomic E-state index is 0.254. The van der Waals surface area contributed by atoms with Gasteiger partial charge in [0.1, 0.15) is 0 Å². The molecule has 120 valence electrons. The van der Waals surface area contributed by atoms with Crippen LogP contribution < -0.4 is 4.72 Å². The molecule has 1 N–H and O–H groups in total. The van der Waals surface area contributed by atoms with Crippen molar-refractivity contribution >= 4 is 21.4 Å². The Kier molecular flexibility index (Phi) is 6.67. The summed E-state index contributed by atoms with van der Waals surface area (Å²) in [5, 5.41) is 2.15. The predicted molar refractivity (Wildman–Crippen MR) is 89.4 cm³/mol. The van der Waals surface area contributed by atoms with E-state index in [-0.39, 0.29) is 5.75 Å². The molecule has 1 saturated heterocycles. The molecule has 21 heavy (non-hydrogen) atoms. The fourth-order valence-corrected chi connectivity index (χ4v) is 4.85. The number of nitrogens with one attached hydrogen (secondary N) is 1. The number of hydrogen-bond donors (Lipinski definition) is 1. The molecule has 0 aromatic carbocycles. The van der Waals surface area contributed by atoms with Gasteiger partial charge in [-0.25, -0.2) is 13.1 Å². The highest BCUT2D eigenvalue weighted by Crippen LogP contribution is 2.30. The fourth-order valence-electron chi connectivity index (χ4n) is 2.73. The maximum Gasteiger partial charge on any atom is 0.211 e. The summed E-state index contributed by atoms with van der Waals surface area (Å²) in [4.78, 5) is 3.86. The minimum atomic E-state index is -3.07. The topological polar surface area (TPSA) is 49.4 Å². The Hall–Kier alpha value is -0.430. The van der Waals surface area contributed by atoms with Crippen LogP contribution in [0.3, 0.4) is 0 Å². The van der Waals surface area contributed by atoms with Crippen molar-refractivity contribution in [3.63, 3.8) is 0 Å². The van der Waals surface area contributed by atoms with E-state index >= 15 is 0 Å². The zero-order chi connectivity index (χ0) is 15.1. The first kappa shape index (κ1) is 16.9. The first-order valence-corrected chi connectivity index (χ1v) is 10.4. The third-order valence-corrected chi connectivity index (χ3v) is 6.55. The third-order valence-electron chi connectivity index (χ3n) is 4.05. The Balaban J connectivity index is 1.65. The van der Waals surface area contributed by atoms with Gasteiger partial charge in [0.2, 0.25) is 10.0 Å². The lowest BCUT2D eigenvalue weighted by Gasteiger charge is -2.31. The quantitative estimate of drug-likeness (QED) is 0.797. The van der Waals surface area contributed by atoms with Crippen LogP contribution in [0.25, 0.3) is 0 Å². The van der Waals surface area contributed by atoms with Crippen LogP contribution in [0.2, 0.25) is 0 Å². The van der Waals surface area contributed by atoms with E-state index in [0.29, 0.717) is 12.5 Å². The second-order valence-electron chi connectivity index (χ2n) is 5.70.